The molecule has 1 saturated heterocycles. The van der Waals surface area contributed by atoms with Crippen molar-refractivity contribution in [1.29, 1.82) is 0 Å². The lowest BCUT2D eigenvalue weighted by atomic mass is 10.2. The van der Waals surface area contributed by atoms with E-state index in [2.05, 4.69) is 5.16 Å². The first-order valence-corrected chi connectivity index (χ1v) is 6.83. The third-order valence-electron chi connectivity index (χ3n) is 3.63. The summed E-state index contributed by atoms with van der Waals surface area (Å²) >= 11 is 0. The number of likely N-dealkylation sites (N-methyl/N-ethyl adjacent to an activating group) is 1. The molecule has 3 rings (SSSR count). The van der Waals surface area contributed by atoms with Crippen LogP contribution in [0.2, 0.25) is 0 Å². The van der Waals surface area contributed by atoms with Gasteiger partial charge in [0.2, 0.25) is 0 Å². The van der Waals surface area contributed by atoms with E-state index in [1.807, 2.05) is 18.0 Å². The van der Waals surface area contributed by atoms with Crippen LogP contribution < -0.4 is 14.5 Å². The van der Waals surface area contributed by atoms with Gasteiger partial charge in [-0.2, -0.15) is 0 Å². The van der Waals surface area contributed by atoms with E-state index in [-0.39, 0.29) is 13.2 Å². The number of nitrogens with zero attached hydrogens (tertiary/aromatic N) is 3. The first kappa shape index (κ1) is 14.5. The molecule has 8 heteroatoms. The fourth-order valence-electron chi connectivity index (χ4n) is 2.46. The van der Waals surface area contributed by atoms with Crippen molar-refractivity contribution in [3.8, 4) is 5.75 Å². The Morgan fingerprint density at radius 3 is 3.00 bits per heavy atom. The Bertz CT molecular complexity index is 618. The first-order valence-electron chi connectivity index (χ1n) is 6.83. The number of hydrogen-bond acceptors (Lipinski definition) is 6. The largest absolute Gasteiger partial charge is 0.483 e. The third-order valence-corrected chi connectivity index (χ3v) is 3.63. The number of rotatable bonds is 3. The molecule has 0 radical (unpaired) electrons. The van der Waals surface area contributed by atoms with Crippen molar-refractivity contribution in [3.05, 3.63) is 18.2 Å². The third kappa shape index (κ3) is 2.41. The lowest BCUT2D eigenvalue weighted by molar-refractivity contribution is 0.0963. The molecule has 118 valence electrons. The van der Waals surface area contributed by atoms with E-state index in [1.165, 1.54) is 12.0 Å². The summed E-state index contributed by atoms with van der Waals surface area (Å²) in [7, 11) is 3.35. The molecule has 1 aromatic carbocycles. The Hall–Kier alpha value is -2.48. The van der Waals surface area contributed by atoms with Crippen LogP contribution in [0.5, 0.6) is 5.75 Å². The Balaban J connectivity index is 1.87. The number of hydrogen-bond donors (Lipinski definition) is 1. The predicted molar refractivity (Wildman–Crippen MR) is 79.5 cm³/mol. The number of fused-ring (bicyclic) bond motifs is 1. The van der Waals surface area contributed by atoms with E-state index in [1.54, 1.807) is 12.1 Å². The van der Waals surface area contributed by atoms with Gasteiger partial charge in [0.1, 0.15) is 25.6 Å². The minimum Gasteiger partial charge on any atom is -0.483 e. The Labute approximate surface area is 127 Å². The van der Waals surface area contributed by atoms with Crippen molar-refractivity contribution in [1.82, 2.24) is 0 Å². The second-order valence-electron chi connectivity index (χ2n) is 4.99. The monoisotopic (exact) mass is 307 g/mol. The lowest BCUT2D eigenvalue weighted by Gasteiger charge is -2.29. The van der Waals surface area contributed by atoms with Crippen LogP contribution in [0.25, 0.3) is 0 Å². The highest BCUT2D eigenvalue weighted by Crippen LogP contribution is 2.36. The molecule has 1 N–H and O–H groups in total. The molecule has 1 fully saturated rings. The van der Waals surface area contributed by atoms with Crippen molar-refractivity contribution < 1.29 is 24.2 Å². The number of ether oxygens (including phenoxy) is 2. The van der Waals surface area contributed by atoms with Gasteiger partial charge in [-0.25, -0.2) is 4.79 Å². The molecule has 0 unspecified atom stereocenters. The van der Waals surface area contributed by atoms with Gasteiger partial charge in [-0.1, -0.05) is 5.16 Å². The fraction of sp³-hybridized carbons (Fsp3) is 0.429. The van der Waals surface area contributed by atoms with Crippen molar-refractivity contribution in [2.75, 3.05) is 43.7 Å². The van der Waals surface area contributed by atoms with Crippen molar-refractivity contribution in [2.45, 2.75) is 6.10 Å². The Morgan fingerprint density at radius 2 is 2.32 bits per heavy atom. The summed E-state index contributed by atoms with van der Waals surface area (Å²) in [6.07, 6.45) is -0.961. The zero-order valence-corrected chi connectivity index (χ0v) is 12.4. The van der Waals surface area contributed by atoms with Crippen LogP contribution in [0.1, 0.15) is 0 Å². The number of carbonyl (C=O) groups excluding carboxylic acids is 1. The van der Waals surface area contributed by atoms with E-state index in [4.69, 9.17) is 19.4 Å². The topological polar surface area (TPSA) is 83.8 Å². The zero-order chi connectivity index (χ0) is 15.7. The van der Waals surface area contributed by atoms with Crippen LogP contribution in [0, 0.1) is 0 Å². The number of amides is 1. The van der Waals surface area contributed by atoms with Gasteiger partial charge in [-0.15, -0.1) is 0 Å². The minimum atomic E-state index is -0.493. The SMILES string of the molecule is CO/N=C1\COc2cc(N3C[C@H](CO)OC3=O)ccc2N1C. The second kappa shape index (κ2) is 5.72. The molecule has 0 bridgehead atoms. The summed E-state index contributed by atoms with van der Waals surface area (Å²) in [5.41, 5.74) is 1.50. The van der Waals surface area contributed by atoms with E-state index in [0.29, 0.717) is 23.8 Å². The summed E-state index contributed by atoms with van der Waals surface area (Å²) in [5.74, 6) is 1.30. The summed E-state index contributed by atoms with van der Waals surface area (Å²) in [4.78, 5) is 19.9. The highest BCUT2D eigenvalue weighted by atomic mass is 16.6. The van der Waals surface area contributed by atoms with E-state index < -0.39 is 12.2 Å². The first-order chi connectivity index (χ1) is 10.6. The summed E-state index contributed by atoms with van der Waals surface area (Å²) in [5, 5.41) is 13.0. The molecule has 2 heterocycles. The molecule has 0 saturated carbocycles. The van der Waals surface area contributed by atoms with Gasteiger partial charge in [-0.05, 0) is 12.1 Å². The summed E-state index contributed by atoms with van der Waals surface area (Å²) in [6.45, 7) is 0.411. The molecular weight excluding hydrogens is 290 g/mol. The number of cyclic esters (lactones) is 1. The number of oxime groups is 1. The van der Waals surface area contributed by atoms with Gasteiger partial charge in [0, 0.05) is 13.1 Å². The van der Waals surface area contributed by atoms with Crippen LogP contribution in [0.15, 0.2) is 23.4 Å². The quantitative estimate of drug-likeness (QED) is 0.831. The van der Waals surface area contributed by atoms with Crippen LogP contribution >= 0.6 is 0 Å². The molecule has 1 aromatic rings. The van der Waals surface area contributed by atoms with Crippen molar-refractivity contribution in [3.63, 3.8) is 0 Å². The lowest BCUT2D eigenvalue weighted by Crippen LogP contribution is -2.36. The number of aliphatic hydroxyl groups is 1. The van der Waals surface area contributed by atoms with Crippen LogP contribution in [-0.4, -0.2) is 57.1 Å². The average Bonchev–Trinajstić information content (AvgIpc) is 2.91. The summed E-state index contributed by atoms with van der Waals surface area (Å²) < 4.78 is 10.7. The fourth-order valence-corrected chi connectivity index (χ4v) is 2.46. The Kier molecular flexibility index (Phi) is 3.76. The number of carbonyl (C=O) groups is 1. The number of benzene rings is 1. The summed E-state index contributed by atoms with van der Waals surface area (Å²) in [6, 6.07) is 5.42. The molecule has 2 aliphatic rings. The smallest absolute Gasteiger partial charge is 0.414 e. The maximum absolute atomic E-state index is 11.8. The van der Waals surface area contributed by atoms with Gasteiger partial charge in [-0.3, -0.25) is 4.90 Å². The molecule has 22 heavy (non-hydrogen) atoms. The molecule has 2 aliphatic heterocycles. The molecule has 1 amide bonds. The predicted octanol–water partition coefficient (Wildman–Crippen LogP) is 0.793. The molecule has 8 nitrogen and oxygen atoms in total. The standard InChI is InChI=1S/C14H17N3O5/c1-16-11-4-3-9(17-6-10(7-18)22-14(17)19)5-12(11)21-8-13(16)15-20-2/h3-5,10,18H,6-8H2,1-2H3/b15-13+/t10-/m1/s1. The van der Waals surface area contributed by atoms with E-state index in [9.17, 15) is 4.79 Å². The van der Waals surface area contributed by atoms with Gasteiger partial charge >= 0.3 is 6.09 Å². The normalized spacial score (nSPS) is 22.4. The van der Waals surface area contributed by atoms with Crippen LogP contribution in [-0.2, 0) is 9.57 Å². The molecule has 0 aromatic heterocycles. The number of aliphatic hydroxyl groups excluding tert-OH is 1. The van der Waals surface area contributed by atoms with Crippen molar-refractivity contribution >= 4 is 23.3 Å². The van der Waals surface area contributed by atoms with Crippen LogP contribution in [0.3, 0.4) is 0 Å². The molecule has 0 aliphatic carbocycles. The van der Waals surface area contributed by atoms with Gasteiger partial charge in [0.15, 0.2) is 5.84 Å². The minimum absolute atomic E-state index is 0.191. The molecule has 1 atom stereocenters. The van der Waals surface area contributed by atoms with Gasteiger partial charge in [0.05, 0.1) is 24.5 Å². The van der Waals surface area contributed by atoms with E-state index >= 15 is 0 Å². The van der Waals surface area contributed by atoms with Gasteiger partial charge in [0.25, 0.3) is 0 Å². The molecular formula is C14H17N3O5. The maximum atomic E-state index is 11.8. The van der Waals surface area contributed by atoms with Crippen molar-refractivity contribution in [2.24, 2.45) is 5.16 Å². The highest BCUT2D eigenvalue weighted by Gasteiger charge is 2.33. The second-order valence-corrected chi connectivity index (χ2v) is 4.99. The van der Waals surface area contributed by atoms with Crippen LogP contribution in [0.4, 0.5) is 16.2 Å². The highest BCUT2D eigenvalue weighted by molar-refractivity contribution is 6.01. The van der Waals surface area contributed by atoms with Gasteiger partial charge < -0.3 is 24.3 Å². The zero-order valence-electron chi connectivity index (χ0n) is 12.4. The molecule has 0 spiro atoms. The Morgan fingerprint density at radius 1 is 1.50 bits per heavy atom. The number of anilines is 2. The number of amidine groups is 1. The maximum Gasteiger partial charge on any atom is 0.414 e. The average molecular weight is 307 g/mol. The van der Waals surface area contributed by atoms with E-state index in [0.717, 1.165) is 5.69 Å².